The van der Waals surface area contributed by atoms with E-state index in [4.69, 9.17) is 0 Å². The van der Waals surface area contributed by atoms with Crippen LogP contribution in [-0.2, 0) is 6.42 Å². The van der Waals surface area contributed by atoms with Gasteiger partial charge in [-0.2, -0.15) is 0 Å². The van der Waals surface area contributed by atoms with E-state index in [-0.39, 0.29) is 0 Å². The van der Waals surface area contributed by atoms with E-state index in [1.54, 1.807) is 0 Å². The number of benzene rings is 1. The molecule has 1 fully saturated rings. The molecule has 82 valence electrons. The van der Waals surface area contributed by atoms with Gasteiger partial charge in [-0.1, -0.05) is 44.2 Å². The first-order valence-electron chi connectivity index (χ1n) is 6.09. The Labute approximate surface area is 107 Å². The van der Waals surface area contributed by atoms with Crippen LogP contribution in [0.5, 0.6) is 0 Å². The monoisotopic (exact) mass is 314 g/mol. The molecule has 0 heterocycles. The fourth-order valence-electron chi connectivity index (χ4n) is 2.50. The van der Waals surface area contributed by atoms with Crippen LogP contribution < -0.4 is 0 Å². The summed E-state index contributed by atoms with van der Waals surface area (Å²) in [7, 11) is 0. The zero-order chi connectivity index (χ0) is 10.5. The molecule has 0 aliphatic heterocycles. The van der Waals surface area contributed by atoms with Crippen molar-refractivity contribution in [2.45, 2.75) is 44.9 Å². The van der Waals surface area contributed by atoms with Gasteiger partial charge in [-0.25, -0.2) is 0 Å². The fraction of sp³-hybridized carbons (Fsp3) is 0.571. The molecule has 1 heteroatoms. The molecule has 1 aliphatic rings. The van der Waals surface area contributed by atoms with Gasteiger partial charge in [-0.15, -0.1) is 0 Å². The molecule has 0 saturated heterocycles. The second-order valence-electron chi connectivity index (χ2n) is 4.67. The lowest BCUT2D eigenvalue weighted by molar-refractivity contribution is 0.339. The fourth-order valence-corrected chi connectivity index (χ4v) is 2.86. The minimum atomic E-state index is 1.01. The summed E-state index contributed by atoms with van der Waals surface area (Å²) in [6.45, 7) is 0. The molecule has 0 bridgehead atoms. The lowest BCUT2D eigenvalue weighted by atomic mass is 9.85. The van der Waals surface area contributed by atoms with E-state index in [1.165, 1.54) is 54.1 Å². The van der Waals surface area contributed by atoms with Gasteiger partial charge in [-0.3, -0.25) is 0 Å². The molecular formula is C14H19I. The molecule has 0 aromatic heterocycles. The van der Waals surface area contributed by atoms with Gasteiger partial charge in [0.1, 0.15) is 0 Å². The number of halogens is 1. The van der Waals surface area contributed by atoms with Crippen LogP contribution >= 0.6 is 22.6 Å². The topological polar surface area (TPSA) is 0 Å². The van der Waals surface area contributed by atoms with Crippen LogP contribution in [-0.4, -0.2) is 0 Å². The number of rotatable bonds is 3. The van der Waals surface area contributed by atoms with Gasteiger partial charge in [0.2, 0.25) is 0 Å². The lowest BCUT2D eigenvalue weighted by Gasteiger charge is -2.21. The third kappa shape index (κ3) is 3.78. The van der Waals surface area contributed by atoms with Gasteiger partial charge in [0.05, 0.1) is 0 Å². The summed E-state index contributed by atoms with van der Waals surface area (Å²) < 4.78 is 1.34. The van der Waals surface area contributed by atoms with E-state index in [1.807, 2.05) is 0 Å². The van der Waals surface area contributed by atoms with Crippen molar-refractivity contribution in [1.29, 1.82) is 0 Å². The lowest BCUT2D eigenvalue weighted by Crippen LogP contribution is -2.07. The van der Waals surface area contributed by atoms with E-state index in [2.05, 4.69) is 46.9 Å². The molecule has 1 aromatic rings. The molecule has 15 heavy (non-hydrogen) atoms. The summed E-state index contributed by atoms with van der Waals surface area (Å²) in [5.74, 6) is 1.01. The number of hydrogen-bond acceptors (Lipinski definition) is 0. The maximum absolute atomic E-state index is 2.37. The third-order valence-electron chi connectivity index (χ3n) is 3.48. The van der Waals surface area contributed by atoms with Crippen molar-refractivity contribution in [3.05, 3.63) is 33.4 Å². The molecule has 0 unspecified atom stereocenters. The smallest absolute Gasteiger partial charge is 0.0130 e. The van der Waals surface area contributed by atoms with Crippen molar-refractivity contribution in [1.82, 2.24) is 0 Å². The molecule has 0 atom stereocenters. The first kappa shape index (κ1) is 11.4. The molecule has 0 amide bonds. The van der Waals surface area contributed by atoms with Crippen molar-refractivity contribution in [3.63, 3.8) is 0 Å². The van der Waals surface area contributed by atoms with Crippen molar-refractivity contribution < 1.29 is 0 Å². The Morgan fingerprint density at radius 2 is 1.67 bits per heavy atom. The molecule has 0 nitrogen and oxygen atoms in total. The molecule has 1 aromatic carbocycles. The van der Waals surface area contributed by atoms with Crippen LogP contribution in [0.25, 0.3) is 0 Å². The van der Waals surface area contributed by atoms with Crippen LogP contribution in [0.4, 0.5) is 0 Å². The van der Waals surface area contributed by atoms with Gasteiger partial charge >= 0.3 is 0 Å². The Morgan fingerprint density at radius 3 is 2.33 bits per heavy atom. The van der Waals surface area contributed by atoms with Crippen LogP contribution in [0.1, 0.15) is 44.1 Å². The summed E-state index contributed by atoms with van der Waals surface area (Å²) >= 11 is 2.37. The van der Waals surface area contributed by atoms with Crippen LogP contribution in [0.3, 0.4) is 0 Å². The van der Waals surface area contributed by atoms with E-state index in [0.717, 1.165) is 5.92 Å². The highest BCUT2D eigenvalue weighted by atomic mass is 127. The molecule has 0 radical (unpaired) electrons. The van der Waals surface area contributed by atoms with Gasteiger partial charge in [-0.05, 0) is 59.0 Å². The Hall–Kier alpha value is -0.0500. The van der Waals surface area contributed by atoms with Crippen molar-refractivity contribution >= 4 is 22.6 Å². The first-order chi connectivity index (χ1) is 7.34. The minimum absolute atomic E-state index is 1.01. The van der Waals surface area contributed by atoms with Gasteiger partial charge in [0.25, 0.3) is 0 Å². The maximum Gasteiger partial charge on any atom is 0.0130 e. The summed E-state index contributed by atoms with van der Waals surface area (Å²) in [6.07, 6.45) is 10.0. The third-order valence-corrected chi connectivity index (χ3v) is 4.20. The van der Waals surface area contributed by atoms with Gasteiger partial charge < -0.3 is 0 Å². The average Bonchev–Trinajstić information content (AvgIpc) is 2.30. The molecule has 1 aliphatic carbocycles. The van der Waals surface area contributed by atoms with Crippen LogP contribution in [0.15, 0.2) is 24.3 Å². The van der Waals surface area contributed by atoms with Crippen molar-refractivity contribution in [2.75, 3.05) is 0 Å². The van der Waals surface area contributed by atoms with E-state index >= 15 is 0 Å². The largest absolute Gasteiger partial charge is 0.0580 e. The highest BCUT2D eigenvalue weighted by molar-refractivity contribution is 14.1. The highest BCUT2D eigenvalue weighted by Crippen LogP contribution is 2.27. The predicted molar refractivity (Wildman–Crippen MR) is 74.1 cm³/mol. The Balaban J connectivity index is 1.79. The Morgan fingerprint density at radius 1 is 1.00 bits per heavy atom. The Kier molecular flexibility index (Phi) is 4.48. The summed E-state index contributed by atoms with van der Waals surface area (Å²) in [5.41, 5.74) is 1.51. The number of hydrogen-bond donors (Lipinski definition) is 0. The van der Waals surface area contributed by atoms with Crippen molar-refractivity contribution in [3.8, 4) is 0 Å². The SMILES string of the molecule is Ic1ccc(CCC2CCCCC2)cc1. The van der Waals surface area contributed by atoms with Gasteiger partial charge in [0, 0.05) is 3.57 Å². The molecule has 0 spiro atoms. The highest BCUT2D eigenvalue weighted by Gasteiger charge is 2.12. The standard InChI is InChI=1S/C14H19I/c15-14-10-8-13(9-11-14)7-6-12-4-2-1-3-5-12/h8-12H,1-7H2. The van der Waals surface area contributed by atoms with Crippen LogP contribution in [0.2, 0.25) is 0 Å². The normalized spacial score (nSPS) is 17.9. The van der Waals surface area contributed by atoms with Crippen LogP contribution in [0, 0.1) is 9.49 Å². The summed E-state index contributed by atoms with van der Waals surface area (Å²) in [5, 5.41) is 0. The average molecular weight is 314 g/mol. The zero-order valence-corrected chi connectivity index (χ0v) is 11.4. The summed E-state index contributed by atoms with van der Waals surface area (Å²) in [4.78, 5) is 0. The summed E-state index contributed by atoms with van der Waals surface area (Å²) in [6, 6.07) is 9.00. The van der Waals surface area contributed by atoms with E-state index in [0.29, 0.717) is 0 Å². The predicted octanol–water partition coefficient (Wildman–Crippen LogP) is 4.80. The zero-order valence-electron chi connectivity index (χ0n) is 9.21. The van der Waals surface area contributed by atoms with Gasteiger partial charge in [0.15, 0.2) is 0 Å². The quantitative estimate of drug-likeness (QED) is 0.703. The first-order valence-corrected chi connectivity index (χ1v) is 7.17. The molecule has 2 rings (SSSR count). The molecule has 1 saturated carbocycles. The number of aryl methyl sites for hydroxylation is 1. The Bertz CT molecular complexity index is 283. The van der Waals surface area contributed by atoms with Crippen molar-refractivity contribution in [2.24, 2.45) is 5.92 Å². The second-order valence-corrected chi connectivity index (χ2v) is 5.91. The second kappa shape index (κ2) is 5.88. The van der Waals surface area contributed by atoms with E-state index in [9.17, 15) is 0 Å². The van der Waals surface area contributed by atoms with E-state index < -0.39 is 0 Å². The molecule has 0 N–H and O–H groups in total. The molecular weight excluding hydrogens is 295 g/mol. The maximum atomic E-state index is 2.37. The minimum Gasteiger partial charge on any atom is -0.0580 e.